The van der Waals surface area contributed by atoms with Gasteiger partial charge in [-0.05, 0) is 33.0 Å². The van der Waals surface area contributed by atoms with Gasteiger partial charge in [0.05, 0.1) is 0 Å². The summed E-state index contributed by atoms with van der Waals surface area (Å²) >= 11 is 0. The standard InChI is InChI=1S/C13H30N4O2S/c1-5-14-8-7-9-15(4)20(18,19)17-11-10-16(6-2)13(3)12-17/h13-14H,5-12H2,1-4H3. The quantitative estimate of drug-likeness (QED) is 0.651. The topological polar surface area (TPSA) is 55.9 Å². The molecule has 0 aliphatic carbocycles. The van der Waals surface area contributed by atoms with Gasteiger partial charge in [0.2, 0.25) is 0 Å². The van der Waals surface area contributed by atoms with Crippen LogP contribution in [0.4, 0.5) is 0 Å². The maximum Gasteiger partial charge on any atom is 0.281 e. The van der Waals surface area contributed by atoms with Gasteiger partial charge in [-0.2, -0.15) is 17.0 Å². The van der Waals surface area contributed by atoms with E-state index in [1.165, 1.54) is 4.31 Å². The molecule has 1 atom stereocenters. The summed E-state index contributed by atoms with van der Waals surface area (Å²) in [6.45, 7) is 11.6. The minimum atomic E-state index is -3.30. The zero-order valence-corrected chi connectivity index (χ0v) is 14.1. The molecule has 1 fully saturated rings. The van der Waals surface area contributed by atoms with Gasteiger partial charge in [-0.1, -0.05) is 13.8 Å². The summed E-state index contributed by atoms with van der Waals surface area (Å²) in [5.74, 6) is 0. The molecular formula is C13H30N4O2S. The van der Waals surface area contributed by atoms with Crippen molar-refractivity contribution >= 4 is 10.2 Å². The fourth-order valence-electron chi connectivity index (χ4n) is 2.56. The van der Waals surface area contributed by atoms with Gasteiger partial charge in [0, 0.05) is 39.3 Å². The van der Waals surface area contributed by atoms with Crippen LogP contribution in [0.25, 0.3) is 0 Å². The van der Waals surface area contributed by atoms with Crippen LogP contribution in [0.2, 0.25) is 0 Å². The molecular weight excluding hydrogens is 276 g/mol. The minimum absolute atomic E-state index is 0.290. The van der Waals surface area contributed by atoms with Crippen LogP contribution in [0.15, 0.2) is 0 Å². The van der Waals surface area contributed by atoms with Gasteiger partial charge in [-0.25, -0.2) is 0 Å². The zero-order valence-electron chi connectivity index (χ0n) is 13.3. The van der Waals surface area contributed by atoms with Crippen molar-refractivity contribution in [2.75, 3.05) is 52.9 Å². The molecule has 1 saturated heterocycles. The molecule has 6 nitrogen and oxygen atoms in total. The van der Waals surface area contributed by atoms with Crippen LogP contribution in [0.1, 0.15) is 27.2 Å². The summed E-state index contributed by atoms with van der Waals surface area (Å²) < 4.78 is 28.1. The molecule has 0 radical (unpaired) electrons. The lowest BCUT2D eigenvalue weighted by atomic mass is 10.2. The largest absolute Gasteiger partial charge is 0.317 e. The van der Waals surface area contributed by atoms with Gasteiger partial charge < -0.3 is 5.32 Å². The summed E-state index contributed by atoms with van der Waals surface area (Å²) in [5.41, 5.74) is 0. The average molecular weight is 306 g/mol. The Morgan fingerprint density at radius 3 is 2.55 bits per heavy atom. The van der Waals surface area contributed by atoms with E-state index in [1.54, 1.807) is 11.4 Å². The maximum atomic E-state index is 12.5. The van der Waals surface area contributed by atoms with E-state index in [-0.39, 0.29) is 0 Å². The van der Waals surface area contributed by atoms with Crippen LogP contribution in [0, 0.1) is 0 Å². The molecule has 0 aromatic rings. The monoisotopic (exact) mass is 306 g/mol. The first-order chi connectivity index (χ1) is 9.43. The molecule has 1 N–H and O–H groups in total. The Morgan fingerprint density at radius 2 is 2.00 bits per heavy atom. The van der Waals surface area contributed by atoms with E-state index < -0.39 is 10.2 Å². The zero-order chi connectivity index (χ0) is 15.2. The Hall–Kier alpha value is -0.210. The third kappa shape index (κ3) is 4.66. The van der Waals surface area contributed by atoms with E-state index >= 15 is 0 Å². The van der Waals surface area contributed by atoms with Crippen LogP contribution in [-0.4, -0.2) is 80.8 Å². The second kappa shape index (κ2) is 8.29. The highest BCUT2D eigenvalue weighted by Gasteiger charge is 2.32. The summed E-state index contributed by atoms with van der Waals surface area (Å²) in [4.78, 5) is 2.32. The Balaban J connectivity index is 2.51. The normalized spacial score (nSPS) is 22.6. The summed E-state index contributed by atoms with van der Waals surface area (Å²) in [6.07, 6.45) is 0.841. The molecule has 7 heteroatoms. The Kier molecular flexibility index (Phi) is 7.39. The molecule has 0 amide bonds. The Bertz CT molecular complexity index is 375. The van der Waals surface area contributed by atoms with E-state index in [2.05, 4.69) is 31.0 Å². The first-order valence-corrected chi connectivity index (χ1v) is 8.99. The third-order valence-electron chi connectivity index (χ3n) is 3.93. The maximum absolute atomic E-state index is 12.5. The molecule has 1 aliphatic rings. The third-order valence-corrected chi connectivity index (χ3v) is 5.89. The van der Waals surface area contributed by atoms with E-state index in [1.807, 2.05) is 0 Å². The highest BCUT2D eigenvalue weighted by Crippen LogP contribution is 2.15. The van der Waals surface area contributed by atoms with Crippen molar-refractivity contribution in [1.29, 1.82) is 0 Å². The molecule has 0 bridgehead atoms. The molecule has 1 heterocycles. The highest BCUT2D eigenvalue weighted by molar-refractivity contribution is 7.86. The van der Waals surface area contributed by atoms with Crippen molar-refractivity contribution in [3.63, 3.8) is 0 Å². The summed E-state index contributed by atoms with van der Waals surface area (Å²) in [6, 6.07) is 0.290. The molecule has 0 saturated carbocycles. The smallest absolute Gasteiger partial charge is 0.281 e. The molecule has 0 aromatic carbocycles. The first kappa shape index (κ1) is 17.8. The number of hydrogen-bond donors (Lipinski definition) is 1. The first-order valence-electron chi connectivity index (χ1n) is 7.59. The molecule has 0 spiro atoms. The van der Waals surface area contributed by atoms with Gasteiger partial charge in [0.1, 0.15) is 0 Å². The fourth-order valence-corrected chi connectivity index (χ4v) is 4.03. The minimum Gasteiger partial charge on any atom is -0.317 e. The number of rotatable bonds is 8. The Morgan fingerprint density at radius 1 is 1.30 bits per heavy atom. The summed E-state index contributed by atoms with van der Waals surface area (Å²) in [5, 5.41) is 3.21. The lowest BCUT2D eigenvalue weighted by molar-refractivity contribution is 0.131. The van der Waals surface area contributed by atoms with Crippen molar-refractivity contribution in [2.45, 2.75) is 33.2 Å². The van der Waals surface area contributed by atoms with Gasteiger partial charge in [0.15, 0.2) is 0 Å². The van der Waals surface area contributed by atoms with Crippen molar-refractivity contribution in [3.8, 4) is 0 Å². The second-order valence-electron chi connectivity index (χ2n) is 5.37. The van der Waals surface area contributed by atoms with Crippen LogP contribution < -0.4 is 5.32 Å². The van der Waals surface area contributed by atoms with Gasteiger partial charge in [-0.3, -0.25) is 4.90 Å². The van der Waals surface area contributed by atoms with Gasteiger partial charge in [0.25, 0.3) is 10.2 Å². The fraction of sp³-hybridized carbons (Fsp3) is 1.00. The van der Waals surface area contributed by atoms with Crippen molar-refractivity contribution in [3.05, 3.63) is 0 Å². The van der Waals surface area contributed by atoms with E-state index in [0.717, 1.165) is 32.6 Å². The van der Waals surface area contributed by atoms with Crippen molar-refractivity contribution in [2.24, 2.45) is 0 Å². The van der Waals surface area contributed by atoms with Crippen LogP contribution in [0.3, 0.4) is 0 Å². The molecule has 1 aliphatic heterocycles. The van der Waals surface area contributed by atoms with E-state index in [4.69, 9.17) is 0 Å². The molecule has 120 valence electrons. The number of nitrogens with one attached hydrogen (secondary N) is 1. The lowest BCUT2D eigenvalue weighted by Crippen LogP contribution is -2.56. The number of hydrogen-bond acceptors (Lipinski definition) is 4. The Labute approximate surface area is 124 Å². The highest BCUT2D eigenvalue weighted by atomic mass is 32.2. The van der Waals surface area contributed by atoms with Crippen molar-refractivity contribution < 1.29 is 8.42 Å². The van der Waals surface area contributed by atoms with E-state index in [0.29, 0.717) is 25.7 Å². The predicted molar refractivity (Wildman–Crippen MR) is 83.0 cm³/mol. The summed E-state index contributed by atoms with van der Waals surface area (Å²) in [7, 11) is -1.62. The predicted octanol–water partition coefficient (Wildman–Crippen LogP) is 0.189. The molecule has 1 rings (SSSR count). The van der Waals surface area contributed by atoms with Crippen LogP contribution in [0.5, 0.6) is 0 Å². The SMILES string of the molecule is CCNCCCN(C)S(=O)(=O)N1CCN(CC)C(C)C1. The number of piperazine rings is 1. The van der Waals surface area contributed by atoms with Crippen LogP contribution >= 0.6 is 0 Å². The molecule has 20 heavy (non-hydrogen) atoms. The molecule has 1 unspecified atom stereocenters. The molecule has 0 aromatic heterocycles. The van der Waals surface area contributed by atoms with Gasteiger partial charge >= 0.3 is 0 Å². The van der Waals surface area contributed by atoms with Gasteiger partial charge in [-0.15, -0.1) is 0 Å². The number of nitrogens with zero attached hydrogens (tertiary/aromatic N) is 3. The van der Waals surface area contributed by atoms with Crippen molar-refractivity contribution in [1.82, 2.24) is 18.8 Å². The van der Waals surface area contributed by atoms with Crippen LogP contribution in [-0.2, 0) is 10.2 Å². The average Bonchev–Trinajstić information content (AvgIpc) is 2.43. The lowest BCUT2D eigenvalue weighted by Gasteiger charge is -2.39. The van der Waals surface area contributed by atoms with E-state index in [9.17, 15) is 8.42 Å². The number of likely N-dealkylation sites (N-methyl/N-ethyl adjacent to an activating group) is 1. The second-order valence-corrected chi connectivity index (χ2v) is 7.41.